The van der Waals surface area contributed by atoms with Gasteiger partial charge in [-0.25, -0.2) is 20.8 Å². The van der Waals surface area contributed by atoms with Crippen molar-refractivity contribution >= 4 is 155 Å². The SMILES string of the molecule is CC1CCN(Cc2c[nH]c3cccc(C=O)c23)CC1.CC1CCNCC1.O=Cc1cccc2[nH]ccc12.O=Cc1cccc2[nH]ccc12.O=Cc1cccc2[nH]ccc12.O=Cc1cccc2c1ccn2CCO.O=Cc1cccc2c1ccn2S(=O)(=O)c1ccccc1.O=S(=O)(Cl)c1ccccc1.OCCI. The molecule has 20 nitrogen and oxygen atoms in total. The van der Waals surface area contributed by atoms with Crippen molar-refractivity contribution in [2.75, 3.05) is 43.8 Å². The Bertz CT molecular complexity index is 5200. The number of likely N-dealkylation sites (tertiary alicyclic amines) is 1. The summed E-state index contributed by atoms with van der Waals surface area (Å²) < 4.78 is 50.3. The van der Waals surface area contributed by atoms with Crippen LogP contribution in [0.1, 0.15) is 107 Å². The van der Waals surface area contributed by atoms with Crippen LogP contribution in [-0.4, -0.2) is 142 Å². The second-order valence-electron chi connectivity index (χ2n) is 24.9. The summed E-state index contributed by atoms with van der Waals surface area (Å²) in [5, 5.41) is 25.6. The van der Waals surface area contributed by atoms with Gasteiger partial charge in [-0.3, -0.25) is 33.7 Å². The molecule has 8 aromatic carbocycles. The Labute approximate surface area is 639 Å². The van der Waals surface area contributed by atoms with Crippen molar-refractivity contribution in [2.45, 2.75) is 62.4 Å². The molecule has 2 aliphatic heterocycles. The predicted octanol–water partition coefficient (Wildman–Crippen LogP) is 16.3. The molecule has 6 aromatic heterocycles. The first-order valence-corrected chi connectivity index (χ1v) is 39.9. The Morgan fingerprint density at radius 2 is 0.850 bits per heavy atom. The number of piperidine rings is 2. The number of aldehydes is 6. The molecule has 0 amide bonds. The molecule has 0 unspecified atom stereocenters. The first kappa shape index (κ1) is 82.4. The molecule has 2 fully saturated rings. The number of hydrogen-bond donors (Lipinski definition) is 7. The highest BCUT2D eigenvalue weighted by Crippen LogP contribution is 2.28. The van der Waals surface area contributed by atoms with Crippen LogP contribution in [0.5, 0.6) is 0 Å². The van der Waals surface area contributed by atoms with Gasteiger partial charge in [0.2, 0.25) is 0 Å². The normalized spacial score (nSPS) is 12.9. The highest BCUT2D eigenvalue weighted by molar-refractivity contribution is 14.1. The number of aliphatic hydroxyl groups excluding tert-OH is 2. The van der Waals surface area contributed by atoms with E-state index in [9.17, 15) is 45.6 Å². The van der Waals surface area contributed by atoms with Crippen LogP contribution in [-0.2, 0) is 32.2 Å². The van der Waals surface area contributed by atoms with E-state index in [4.69, 9.17) is 20.9 Å². The Hall–Kier alpha value is -10.2. The van der Waals surface area contributed by atoms with E-state index in [0.29, 0.717) is 35.2 Å². The van der Waals surface area contributed by atoms with E-state index in [-0.39, 0.29) is 16.4 Å². The van der Waals surface area contributed by atoms with Gasteiger partial charge in [-0.15, -0.1) is 0 Å². The zero-order chi connectivity index (χ0) is 76.6. The summed E-state index contributed by atoms with van der Waals surface area (Å²) in [6, 6.07) is 58.6. The van der Waals surface area contributed by atoms with E-state index in [1.807, 2.05) is 139 Å². The van der Waals surface area contributed by atoms with Crippen LogP contribution in [0.3, 0.4) is 0 Å². The lowest BCUT2D eigenvalue weighted by atomic mass is 9.98. The van der Waals surface area contributed by atoms with Gasteiger partial charge in [0.15, 0.2) is 37.7 Å². The molecule has 0 atom stereocenters. The summed E-state index contributed by atoms with van der Waals surface area (Å²) in [6.07, 6.45) is 21.4. The van der Waals surface area contributed by atoms with Gasteiger partial charge in [-0.2, -0.15) is 0 Å². The van der Waals surface area contributed by atoms with Gasteiger partial charge >= 0.3 is 0 Å². The van der Waals surface area contributed by atoms with Crippen LogP contribution in [0.25, 0.3) is 65.4 Å². The van der Waals surface area contributed by atoms with Gasteiger partial charge in [0.1, 0.15) is 0 Å². The average Bonchev–Trinajstić information content (AvgIpc) is 1.62. The van der Waals surface area contributed by atoms with Crippen molar-refractivity contribution in [1.29, 1.82) is 0 Å². The van der Waals surface area contributed by atoms with E-state index in [1.165, 1.54) is 66.6 Å². The lowest BCUT2D eigenvalue weighted by molar-refractivity contribution is 0.111. The molecule has 556 valence electrons. The van der Waals surface area contributed by atoms with Crippen LogP contribution >= 0.6 is 33.3 Å². The molecule has 8 heterocycles. The van der Waals surface area contributed by atoms with Gasteiger partial charge in [0.25, 0.3) is 19.1 Å². The standard InChI is InChI=1S/C16H20N2O.C15H11NO3S.C11H11NO2.3C9H7NO.C6H5ClO2S.C6H13N.C2H5IO/c1-12-5-7-18(8-6-12)10-14-9-17-15-4-2-3-13(11-19)16(14)15;17-11-12-5-4-8-15-14(12)9-10-16(15)20(18,19)13-6-2-1-3-7-13;13-7-6-12-5-4-10-9(8-14)2-1-3-11(10)12;3*11-6-7-2-1-3-9-8(7)4-5-10-9;7-10(8,9)6-4-2-1-3-5-6;1-6-2-4-7-5-3-6;3-1-2-4/h2-4,9,11-12,17H,5-8,10H2,1H3;1-11H;1-5,8,13H,6-7H2;3*1-6,10H;1-5H;6-7H,2-5H2,1H3;4H,1-2H2. The molecule has 107 heavy (non-hydrogen) atoms. The van der Waals surface area contributed by atoms with E-state index in [1.54, 1.807) is 78.9 Å². The number of halogens is 2. The van der Waals surface area contributed by atoms with Gasteiger partial charge in [0.05, 0.1) is 28.5 Å². The van der Waals surface area contributed by atoms with Gasteiger partial charge < -0.3 is 40.0 Å². The molecule has 0 spiro atoms. The highest BCUT2D eigenvalue weighted by Gasteiger charge is 2.21. The zero-order valence-corrected chi connectivity index (χ0v) is 63.8. The van der Waals surface area contributed by atoms with Crippen molar-refractivity contribution in [3.63, 3.8) is 0 Å². The largest absolute Gasteiger partial charge is 0.396 e. The second kappa shape index (κ2) is 42.2. The lowest BCUT2D eigenvalue weighted by Crippen LogP contribution is -2.32. The number of aromatic amines is 4. The topological polar surface area (TPSA) is 299 Å². The number of fused-ring (bicyclic) bond motifs is 6. The summed E-state index contributed by atoms with van der Waals surface area (Å²) in [5.41, 5.74) is 11.0. The molecule has 0 aliphatic carbocycles. The third kappa shape index (κ3) is 23.1. The zero-order valence-electron chi connectivity index (χ0n) is 59.2. The maximum absolute atomic E-state index is 12.6. The number of carbonyl (C=O) groups is 6. The third-order valence-electron chi connectivity index (χ3n) is 17.7. The minimum absolute atomic E-state index is 0.106. The average molecular weight is 1610 g/mol. The van der Waals surface area contributed by atoms with Crippen molar-refractivity contribution in [1.82, 2.24) is 38.7 Å². The Morgan fingerprint density at radius 3 is 1.27 bits per heavy atom. The van der Waals surface area contributed by atoms with E-state index < -0.39 is 19.1 Å². The first-order chi connectivity index (χ1) is 51.9. The van der Waals surface area contributed by atoms with Crippen LogP contribution in [0.15, 0.2) is 247 Å². The van der Waals surface area contributed by atoms with Crippen LogP contribution < -0.4 is 5.32 Å². The number of aromatic nitrogens is 6. The summed E-state index contributed by atoms with van der Waals surface area (Å²) in [5.74, 6) is 1.83. The summed E-state index contributed by atoms with van der Waals surface area (Å²) in [6.45, 7) is 11.4. The number of aliphatic hydroxyl groups is 2. The van der Waals surface area contributed by atoms with Crippen molar-refractivity contribution < 1.29 is 55.8 Å². The highest BCUT2D eigenvalue weighted by atomic mass is 127. The molecule has 0 bridgehead atoms. The molecular formula is C83H86ClIN8O12S2. The molecule has 14 aromatic rings. The van der Waals surface area contributed by atoms with Crippen molar-refractivity contribution in [3.8, 4) is 0 Å². The maximum atomic E-state index is 12.6. The molecule has 0 saturated carbocycles. The number of benzene rings is 8. The third-order valence-corrected chi connectivity index (χ3v) is 21.3. The van der Waals surface area contributed by atoms with Crippen LogP contribution in [0.4, 0.5) is 0 Å². The van der Waals surface area contributed by atoms with E-state index >= 15 is 0 Å². The number of nitrogens with zero attached hydrogens (tertiary/aromatic N) is 3. The minimum Gasteiger partial charge on any atom is -0.396 e. The molecule has 7 N–H and O–H groups in total. The van der Waals surface area contributed by atoms with Gasteiger partial charge in [-0.1, -0.05) is 146 Å². The first-order valence-electron chi connectivity index (χ1n) is 34.6. The molecule has 24 heteroatoms. The summed E-state index contributed by atoms with van der Waals surface area (Å²) in [4.78, 5) is 79.6. The number of rotatable bonds is 14. The molecule has 16 rings (SSSR count). The number of carbonyl (C=O) groups excluding carboxylic acids is 6. The van der Waals surface area contributed by atoms with Crippen LogP contribution in [0.2, 0.25) is 0 Å². The minimum atomic E-state index is -3.65. The number of H-pyrrole nitrogens is 4. The monoisotopic (exact) mass is 1610 g/mol. The fourth-order valence-corrected chi connectivity index (χ4v) is 14.2. The second-order valence-corrected chi connectivity index (χ2v) is 30.4. The number of hydrogen-bond acceptors (Lipinski definition) is 14. The summed E-state index contributed by atoms with van der Waals surface area (Å²) in [7, 11) is -2.15. The number of nitrogens with one attached hydrogen (secondary N) is 5. The molecular weight excluding hydrogens is 1530 g/mol. The molecule has 2 aliphatic rings. The van der Waals surface area contributed by atoms with E-state index in [0.717, 1.165) is 150 Å². The van der Waals surface area contributed by atoms with Gasteiger partial charge in [0, 0.05) is 159 Å². The number of alkyl halides is 1. The Balaban J connectivity index is 0.000000156. The molecule has 2 saturated heterocycles. The Morgan fingerprint density at radius 1 is 0.449 bits per heavy atom. The molecule has 0 radical (unpaired) electrons. The lowest BCUT2D eigenvalue weighted by Gasteiger charge is -2.30. The van der Waals surface area contributed by atoms with Crippen LogP contribution in [0, 0.1) is 11.8 Å². The summed E-state index contributed by atoms with van der Waals surface area (Å²) >= 11 is 2.10. The maximum Gasteiger partial charge on any atom is 0.268 e. The van der Waals surface area contributed by atoms with Crippen molar-refractivity contribution in [3.05, 3.63) is 276 Å². The Kier molecular flexibility index (Phi) is 32.5. The fraction of sp³-hybridized carbons (Fsp3) is 0.205. The quantitative estimate of drug-likeness (QED) is 0.0231. The van der Waals surface area contributed by atoms with Gasteiger partial charge in [-0.05, 0) is 160 Å². The van der Waals surface area contributed by atoms with Crippen molar-refractivity contribution in [2.24, 2.45) is 11.8 Å². The predicted molar refractivity (Wildman–Crippen MR) is 436 cm³/mol. The fourth-order valence-electron chi connectivity index (χ4n) is 12.0. The van der Waals surface area contributed by atoms with E-state index in [2.05, 4.69) is 72.8 Å². The smallest absolute Gasteiger partial charge is 0.268 e.